The van der Waals surface area contributed by atoms with Crippen molar-refractivity contribution in [2.75, 3.05) is 27.8 Å². The van der Waals surface area contributed by atoms with Crippen LogP contribution in [0.2, 0.25) is 0 Å². The molecular formula is C20H28N4O2. The highest BCUT2D eigenvalue weighted by Crippen LogP contribution is 2.21. The van der Waals surface area contributed by atoms with Crippen molar-refractivity contribution in [1.29, 1.82) is 0 Å². The van der Waals surface area contributed by atoms with E-state index in [0.29, 0.717) is 18.3 Å². The first-order chi connectivity index (χ1) is 12.7. The van der Waals surface area contributed by atoms with E-state index in [4.69, 9.17) is 9.47 Å². The van der Waals surface area contributed by atoms with Gasteiger partial charge in [0.05, 0.1) is 14.2 Å². The summed E-state index contributed by atoms with van der Waals surface area (Å²) in [5.74, 6) is 2.73. The summed E-state index contributed by atoms with van der Waals surface area (Å²) < 4.78 is 10.3. The molecular weight excluding hydrogens is 328 g/mol. The quantitative estimate of drug-likeness (QED) is 0.562. The third kappa shape index (κ3) is 5.95. The number of ether oxygens (including phenoxy) is 2. The lowest BCUT2D eigenvalue weighted by Crippen LogP contribution is -2.37. The number of aliphatic imine (C=N–C) groups is 1. The maximum absolute atomic E-state index is 5.21. The number of nitrogens with one attached hydrogen (secondary N) is 2. The van der Waals surface area contributed by atoms with Crippen LogP contribution in [0.3, 0.4) is 0 Å². The van der Waals surface area contributed by atoms with Gasteiger partial charge in [0.25, 0.3) is 0 Å². The van der Waals surface area contributed by atoms with Gasteiger partial charge in [0.2, 0.25) is 5.88 Å². The minimum atomic E-state index is 0.455. The van der Waals surface area contributed by atoms with E-state index in [1.165, 1.54) is 5.56 Å². The first-order valence-electron chi connectivity index (χ1n) is 8.73. The second kappa shape index (κ2) is 10.3. The smallest absolute Gasteiger partial charge is 0.213 e. The van der Waals surface area contributed by atoms with Gasteiger partial charge in [-0.2, -0.15) is 0 Å². The van der Waals surface area contributed by atoms with Gasteiger partial charge in [-0.25, -0.2) is 4.98 Å². The van der Waals surface area contributed by atoms with Crippen LogP contribution in [0.5, 0.6) is 11.6 Å². The van der Waals surface area contributed by atoms with Crippen LogP contribution < -0.4 is 20.1 Å². The zero-order valence-electron chi connectivity index (χ0n) is 16.0. The molecule has 0 amide bonds. The van der Waals surface area contributed by atoms with E-state index >= 15 is 0 Å². The molecule has 1 atom stereocenters. The van der Waals surface area contributed by atoms with Gasteiger partial charge < -0.3 is 20.1 Å². The fraction of sp³-hybridized carbons (Fsp3) is 0.400. The number of methoxy groups -OCH3 is 2. The summed E-state index contributed by atoms with van der Waals surface area (Å²) in [5, 5.41) is 6.66. The minimum Gasteiger partial charge on any atom is -0.497 e. The molecule has 2 rings (SSSR count). The average Bonchev–Trinajstić information content (AvgIpc) is 2.70. The number of guanidine groups is 1. The summed E-state index contributed by atoms with van der Waals surface area (Å²) in [4.78, 5) is 8.38. The lowest BCUT2D eigenvalue weighted by molar-refractivity contribution is 0.397. The Balaban J connectivity index is 1.77. The van der Waals surface area contributed by atoms with Gasteiger partial charge in [-0.15, -0.1) is 0 Å². The Kier molecular flexibility index (Phi) is 7.74. The molecule has 0 aliphatic rings. The fourth-order valence-electron chi connectivity index (χ4n) is 2.58. The van der Waals surface area contributed by atoms with Gasteiger partial charge in [0, 0.05) is 32.4 Å². The highest BCUT2D eigenvalue weighted by atomic mass is 16.5. The molecule has 0 saturated carbocycles. The second-order valence-corrected chi connectivity index (χ2v) is 6.02. The highest BCUT2D eigenvalue weighted by molar-refractivity contribution is 5.79. The van der Waals surface area contributed by atoms with E-state index in [-0.39, 0.29) is 0 Å². The van der Waals surface area contributed by atoms with Crippen molar-refractivity contribution in [3.63, 3.8) is 0 Å². The lowest BCUT2D eigenvalue weighted by Gasteiger charge is -2.15. The number of rotatable bonds is 8. The van der Waals surface area contributed by atoms with Crippen LogP contribution in [-0.2, 0) is 6.54 Å². The van der Waals surface area contributed by atoms with Crippen molar-refractivity contribution in [1.82, 2.24) is 15.6 Å². The Morgan fingerprint density at radius 1 is 1.12 bits per heavy atom. The molecule has 1 unspecified atom stereocenters. The summed E-state index contributed by atoms with van der Waals surface area (Å²) >= 11 is 0. The predicted octanol–water partition coefficient (Wildman–Crippen LogP) is 2.96. The summed E-state index contributed by atoms with van der Waals surface area (Å²) in [6.45, 7) is 3.72. The molecule has 0 aliphatic carbocycles. The van der Waals surface area contributed by atoms with Gasteiger partial charge in [-0.1, -0.05) is 19.1 Å². The summed E-state index contributed by atoms with van der Waals surface area (Å²) in [7, 11) is 5.07. The predicted molar refractivity (Wildman–Crippen MR) is 105 cm³/mol. The van der Waals surface area contributed by atoms with Gasteiger partial charge in [0.1, 0.15) is 5.75 Å². The Labute approximate surface area is 155 Å². The summed E-state index contributed by atoms with van der Waals surface area (Å²) in [5.41, 5.74) is 2.39. The van der Waals surface area contributed by atoms with Crippen LogP contribution in [-0.4, -0.2) is 38.8 Å². The van der Waals surface area contributed by atoms with Crippen molar-refractivity contribution in [2.45, 2.75) is 25.8 Å². The van der Waals surface area contributed by atoms with E-state index in [9.17, 15) is 0 Å². The molecule has 6 nitrogen and oxygen atoms in total. The Bertz CT molecular complexity index is 701. The topological polar surface area (TPSA) is 67.8 Å². The molecule has 1 aromatic carbocycles. The number of hydrogen-bond acceptors (Lipinski definition) is 4. The maximum atomic E-state index is 5.21. The second-order valence-electron chi connectivity index (χ2n) is 6.02. The van der Waals surface area contributed by atoms with E-state index in [0.717, 1.165) is 30.2 Å². The molecule has 0 spiro atoms. The van der Waals surface area contributed by atoms with Crippen LogP contribution in [0.15, 0.2) is 47.6 Å². The number of aromatic nitrogens is 1. The summed E-state index contributed by atoms with van der Waals surface area (Å²) in [6, 6.07) is 12.1. The molecule has 2 N–H and O–H groups in total. The van der Waals surface area contributed by atoms with Crippen LogP contribution in [0.4, 0.5) is 0 Å². The van der Waals surface area contributed by atoms with Crippen molar-refractivity contribution < 1.29 is 9.47 Å². The Hall–Kier alpha value is -2.76. The van der Waals surface area contributed by atoms with Crippen molar-refractivity contribution >= 4 is 5.96 Å². The number of benzene rings is 1. The van der Waals surface area contributed by atoms with Crippen LogP contribution >= 0.6 is 0 Å². The van der Waals surface area contributed by atoms with Crippen LogP contribution in [0, 0.1) is 0 Å². The SMILES string of the molecule is CN=C(NCCC(C)c1ccc(OC)cc1)NCc1ccnc(OC)c1. The molecule has 1 aromatic heterocycles. The van der Waals surface area contributed by atoms with E-state index < -0.39 is 0 Å². The normalized spacial score (nSPS) is 12.4. The first-order valence-corrected chi connectivity index (χ1v) is 8.73. The molecule has 26 heavy (non-hydrogen) atoms. The fourth-order valence-corrected chi connectivity index (χ4v) is 2.58. The van der Waals surface area contributed by atoms with Crippen molar-refractivity contribution in [3.05, 3.63) is 53.7 Å². The highest BCUT2D eigenvalue weighted by Gasteiger charge is 2.06. The first kappa shape index (κ1) is 19.6. The van der Waals surface area contributed by atoms with E-state index in [2.05, 4.69) is 39.7 Å². The molecule has 6 heteroatoms. The zero-order valence-corrected chi connectivity index (χ0v) is 16.0. The van der Waals surface area contributed by atoms with Gasteiger partial charge >= 0.3 is 0 Å². The molecule has 0 fully saturated rings. The molecule has 0 radical (unpaired) electrons. The number of hydrogen-bond donors (Lipinski definition) is 2. The monoisotopic (exact) mass is 356 g/mol. The van der Waals surface area contributed by atoms with Gasteiger partial charge in [-0.3, -0.25) is 4.99 Å². The van der Waals surface area contributed by atoms with E-state index in [1.54, 1.807) is 27.5 Å². The lowest BCUT2D eigenvalue weighted by atomic mass is 9.98. The molecule has 0 bridgehead atoms. The zero-order chi connectivity index (χ0) is 18.8. The Morgan fingerprint density at radius 2 is 1.88 bits per heavy atom. The third-order valence-electron chi connectivity index (χ3n) is 4.25. The van der Waals surface area contributed by atoms with Gasteiger partial charge in [0.15, 0.2) is 5.96 Å². The molecule has 140 valence electrons. The largest absolute Gasteiger partial charge is 0.497 e. The number of pyridine rings is 1. The maximum Gasteiger partial charge on any atom is 0.213 e. The minimum absolute atomic E-state index is 0.455. The standard InChI is InChI=1S/C20H28N4O2/c1-15(17-5-7-18(25-3)8-6-17)9-11-23-20(21-2)24-14-16-10-12-22-19(13-16)26-4/h5-8,10,12-13,15H,9,11,14H2,1-4H3,(H2,21,23,24). The van der Waals surface area contributed by atoms with Crippen molar-refractivity contribution in [3.8, 4) is 11.6 Å². The van der Waals surface area contributed by atoms with Crippen LogP contribution in [0.1, 0.15) is 30.4 Å². The molecule has 0 saturated heterocycles. The molecule has 2 aromatic rings. The average molecular weight is 356 g/mol. The molecule has 1 heterocycles. The Morgan fingerprint density at radius 3 is 2.54 bits per heavy atom. The third-order valence-corrected chi connectivity index (χ3v) is 4.25. The summed E-state index contributed by atoms with van der Waals surface area (Å²) in [6.07, 6.45) is 2.75. The van der Waals surface area contributed by atoms with Crippen LogP contribution in [0.25, 0.3) is 0 Å². The molecule has 0 aliphatic heterocycles. The number of nitrogens with zero attached hydrogens (tertiary/aromatic N) is 2. The van der Waals surface area contributed by atoms with E-state index in [1.807, 2.05) is 24.3 Å². The van der Waals surface area contributed by atoms with Crippen molar-refractivity contribution in [2.24, 2.45) is 4.99 Å². The van der Waals surface area contributed by atoms with Gasteiger partial charge in [-0.05, 0) is 41.7 Å².